The zero-order valence-electron chi connectivity index (χ0n) is 20.9. The van der Waals surface area contributed by atoms with E-state index in [9.17, 15) is 9.59 Å². The summed E-state index contributed by atoms with van der Waals surface area (Å²) in [5.74, 6) is 1.17. The van der Waals surface area contributed by atoms with Gasteiger partial charge in [-0.25, -0.2) is 4.98 Å². The van der Waals surface area contributed by atoms with Crippen LogP contribution in [0.2, 0.25) is 0 Å². The minimum Gasteiger partial charge on any atom is -0.356 e. The molecule has 0 bridgehead atoms. The molecule has 4 rings (SSSR count). The maximum atomic E-state index is 13.8. The van der Waals surface area contributed by atoms with Crippen molar-refractivity contribution < 1.29 is 9.59 Å². The molecule has 2 aromatic carbocycles. The number of aryl methyl sites for hydroxylation is 1. The Bertz CT molecular complexity index is 1100. The summed E-state index contributed by atoms with van der Waals surface area (Å²) in [4.78, 5) is 31.9. The van der Waals surface area contributed by atoms with E-state index < -0.39 is 0 Å². The number of nitrogens with zero attached hydrogens (tertiary/aromatic N) is 3. The molecular formula is C29H38N4O2. The van der Waals surface area contributed by atoms with Crippen LogP contribution in [-0.2, 0) is 29.1 Å². The van der Waals surface area contributed by atoms with Gasteiger partial charge in [-0.2, -0.15) is 0 Å². The highest BCUT2D eigenvalue weighted by Crippen LogP contribution is 2.26. The first kappa shape index (κ1) is 25.0. The number of fused-ring (bicyclic) bond motifs is 1. The number of aromatic nitrogens is 2. The van der Waals surface area contributed by atoms with Gasteiger partial charge in [-0.3, -0.25) is 9.59 Å². The van der Waals surface area contributed by atoms with Crippen LogP contribution < -0.4 is 5.32 Å². The topological polar surface area (TPSA) is 67.2 Å². The number of hydrogen-bond acceptors (Lipinski definition) is 3. The molecule has 1 aliphatic carbocycles. The normalized spacial score (nSPS) is 14.2. The van der Waals surface area contributed by atoms with Crippen molar-refractivity contribution in [3.8, 4) is 0 Å². The average Bonchev–Trinajstić information content (AvgIpc) is 3.22. The van der Waals surface area contributed by atoms with Crippen LogP contribution in [0.1, 0.15) is 69.7 Å². The van der Waals surface area contributed by atoms with Crippen molar-refractivity contribution in [3.05, 3.63) is 66.0 Å². The second-order valence-corrected chi connectivity index (χ2v) is 9.70. The summed E-state index contributed by atoms with van der Waals surface area (Å²) >= 11 is 0. The van der Waals surface area contributed by atoms with Crippen molar-refractivity contribution in [2.75, 3.05) is 6.54 Å². The van der Waals surface area contributed by atoms with E-state index in [2.05, 4.69) is 33.0 Å². The molecule has 1 N–H and O–H groups in total. The second kappa shape index (κ2) is 12.5. The first-order valence-corrected chi connectivity index (χ1v) is 13.1. The minimum atomic E-state index is 0.0170. The van der Waals surface area contributed by atoms with E-state index in [1.165, 1.54) is 24.8 Å². The molecule has 3 aromatic rings. The van der Waals surface area contributed by atoms with Gasteiger partial charge in [-0.1, -0.05) is 68.1 Å². The number of imidazole rings is 1. The van der Waals surface area contributed by atoms with Crippen molar-refractivity contribution >= 4 is 22.8 Å². The fourth-order valence-electron chi connectivity index (χ4n) is 5.16. The van der Waals surface area contributed by atoms with Gasteiger partial charge < -0.3 is 14.8 Å². The highest BCUT2D eigenvalue weighted by Gasteiger charge is 2.26. The lowest BCUT2D eigenvalue weighted by molar-refractivity contribution is -0.135. The maximum Gasteiger partial charge on any atom is 0.243 e. The monoisotopic (exact) mass is 474 g/mol. The van der Waals surface area contributed by atoms with Gasteiger partial charge in [0.1, 0.15) is 12.4 Å². The molecule has 0 atom stereocenters. The van der Waals surface area contributed by atoms with E-state index in [4.69, 9.17) is 4.98 Å². The summed E-state index contributed by atoms with van der Waals surface area (Å²) in [6.45, 7) is 3.24. The molecule has 6 heteroatoms. The van der Waals surface area contributed by atoms with Gasteiger partial charge in [0.15, 0.2) is 0 Å². The molecule has 0 saturated heterocycles. The summed E-state index contributed by atoms with van der Waals surface area (Å²) < 4.78 is 2.13. The number of benzene rings is 2. The Morgan fingerprint density at radius 2 is 1.71 bits per heavy atom. The van der Waals surface area contributed by atoms with Crippen molar-refractivity contribution in [3.63, 3.8) is 0 Å². The highest BCUT2D eigenvalue weighted by molar-refractivity contribution is 5.81. The summed E-state index contributed by atoms with van der Waals surface area (Å²) in [5, 5.41) is 2.86. The fourth-order valence-corrected chi connectivity index (χ4v) is 5.16. The van der Waals surface area contributed by atoms with Gasteiger partial charge in [0.05, 0.1) is 11.0 Å². The van der Waals surface area contributed by atoms with Crippen LogP contribution in [0.3, 0.4) is 0 Å². The van der Waals surface area contributed by atoms with Crippen LogP contribution >= 0.6 is 0 Å². The summed E-state index contributed by atoms with van der Waals surface area (Å²) in [7, 11) is 0. The number of nitrogens with one attached hydrogen (secondary N) is 1. The van der Waals surface area contributed by atoms with Crippen LogP contribution in [0.4, 0.5) is 0 Å². The van der Waals surface area contributed by atoms with Crippen LogP contribution in [0.15, 0.2) is 54.6 Å². The summed E-state index contributed by atoms with van der Waals surface area (Å²) in [6, 6.07) is 18.8. The molecule has 2 amide bonds. The van der Waals surface area contributed by atoms with Crippen LogP contribution in [0.25, 0.3) is 11.0 Å². The third-order valence-corrected chi connectivity index (χ3v) is 7.01. The van der Waals surface area contributed by atoms with Crippen molar-refractivity contribution in [2.24, 2.45) is 0 Å². The number of rotatable bonds is 11. The first-order valence-electron chi connectivity index (χ1n) is 13.1. The molecule has 186 valence electrons. The molecule has 1 aromatic heterocycles. The predicted octanol–water partition coefficient (Wildman–Crippen LogP) is 5.25. The predicted molar refractivity (Wildman–Crippen MR) is 140 cm³/mol. The van der Waals surface area contributed by atoms with Crippen molar-refractivity contribution in [1.82, 2.24) is 19.8 Å². The number of carbonyl (C=O) groups excluding carboxylic acids is 2. The largest absolute Gasteiger partial charge is 0.356 e. The SMILES string of the molecule is CC(=O)NCCCCCc1nc2ccccc2n1CC(=O)N(Cc1ccccc1)C1CCCCC1. The van der Waals surface area contributed by atoms with Crippen LogP contribution in [0.5, 0.6) is 0 Å². The number of carbonyl (C=O) groups is 2. The lowest BCUT2D eigenvalue weighted by atomic mass is 9.93. The van der Waals surface area contributed by atoms with E-state index >= 15 is 0 Å². The third kappa shape index (κ3) is 6.93. The van der Waals surface area contributed by atoms with Gasteiger partial charge in [0.2, 0.25) is 11.8 Å². The Kier molecular flexibility index (Phi) is 8.93. The van der Waals surface area contributed by atoms with Crippen LogP contribution in [0, 0.1) is 0 Å². The Labute approximate surface area is 208 Å². The molecule has 1 heterocycles. The molecular weight excluding hydrogens is 436 g/mol. The van der Waals surface area contributed by atoms with Crippen molar-refractivity contribution in [1.29, 1.82) is 0 Å². The van der Waals surface area contributed by atoms with E-state index in [0.717, 1.165) is 55.4 Å². The van der Waals surface area contributed by atoms with Gasteiger partial charge in [-0.05, 0) is 43.4 Å². The van der Waals surface area contributed by atoms with E-state index in [0.29, 0.717) is 25.7 Å². The summed E-state index contributed by atoms with van der Waals surface area (Å²) in [5.41, 5.74) is 3.15. The fraction of sp³-hybridized carbons (Fsp3) is 0.483. The molecule has 6 nitrogen and oxygen atoms in total. The molecule has 35 heavy (non-hydrogen) atoms. The smallest absolute Gasteiger partial charge is 0.243 e. The average molecular weight is 475 g/mol. The third-order valence-electron chi connectivity index (χ3n) is 7.01. The number of amides is 2. The maximum absolute atomic E-state index is 13.8. The molecule has 0 aliphatic heterocycles. The van der Waals surface area contributed by atoms with Gasteiger partial charge in [0.25, 0.3) is 0 Å². The lowest BCUT2D eigenvalue weighted by Crippen LogP contribution is -2.42. The molecule has 0 unspecified atom stereocenters. The molecule has 0 spiro atoms. The van der Waals surface area contributed by atoms with E-state index in [1.807, 2.05) is 36.4 Å². The van der Waals surface area contributed by atoms with Crippen LogP contribution in [-0.4, -0.2) is 38.9 Å². The number of para-hydroxylation sites is 2. The molecule has 1 fully saturated rings. The Morgan fingerprint density at radius 3 is 2.49 bits per heavy atom. The van der Waals surface area contributed by atoms with Crippen molar-refractivity contribution in [2.45, 2.75) is 83.8 Å². The zero-order valence-corrected chi connectivity index (χ0v) is 20.9. The minimum absolute atomic E-state index is 0.0170. The zero-order chi connectivity index (χ0) is 24.5. The Hall–Kier alpha value is -3.15. The first-order chi connectivity index (χ1) is 17.1. The quantitative estimate of drug-likeness (QED) is 0.386. The molecule has 1 saturated carbocycles. The highest BCUT2D eigenvalue weighted by atomic mass is 16.2. The molecule has 0 radical (unpaired) electrons. The second-order valence-electron chi connectivity index (χ2n) is 9.70. The summed E-state index contributed by atoms with van der Waals surface area (Å²) in [6.07, 6.45) is 9.60. The number of hydrogen-bond donors (Lipinski definition) is 1. The number of unbranched alkanes of at least 4 members (excludes halogenated alkanes) is 2. The Balaban J connectivity index is 1.49. The standard InChI is InChI=1S/C29H38N4O2/c1-23(34)30-20-12-4-9-19-28-31-26-17-10-11-18-27(26)33(28)22-29(35)32(25-15-7-3-8-16-25)21-24-13-5-2-6-14-24/h2,5-6,10-11,13-14,17-18,25H,3-4,7-9,12,15-16,19-22H2,1H3,(H,30,34). The van der Waals surface area contributed by atoms with Gasteiger partial charge in [-0.15, -0.1) is 0 Å². The molecule has 1 aliphatic rings. The van der Waals surface area contributed by atoms with E-state index in [1.54, 1.807) is 6.92 Å². The Morgan fingerprint density at radius 1 is 0.971 bits per heavy atom. The van der Waals surface area contributed by atoms with E-state index in [-0.39, 0.29) is 11.8 Å². The lowest BCUT2D eigenvalue weighted by Gasteiger charge is -2.35. The van der Waals surface area contributed by atoms with Gasteiger partial charge >= 0.3 is 0 Å². The van der Waals surface area contributed by atoms with Gasteiger partial charge in [0, 0.05) is 32.5 Å².